The minimum atomic E-state index is -2.83. The van der Waals surface area contributed by atoms with E-state index in [1.165, 1.54) is 28.6 Å². The van der Waals surface area contributed by atoms with E-state index in [4.69, 9.17) is 5.73 Å². The molecule has 3 aromatic rings. The minimum Gasteiger partial charge on any atom is -0.355 e. The maximum absolute atomic E-state index is 13.6. The Labute approximate surface area is 163 Å². The highest BCUT2D eigenvalue weighted by Crippen LogP contribution is 2.26. The van der Waals surface area contributed by atoms with Gasteiger partial charge in [-0.3, -0.25) is 9.48 Å². The van der Waals surface area contributed by atoms with Crippen molar-refractivity contribution in [2.45, 2.75) is 25.1 Å². The molecule has 1 amide bonds. The molecule has 3 N–H and O–H groups in total. The number of hydrogen-bond donors (Lipinski definition) is 2. The van der Waals surface area contributed by atoms with Crippen LogP contribution < -0.4 is 16.0 Å². The average molecular weight is 408 g/mol. The Morgan fingerprint density at radius 3 is 2.93 bits per heavy atom. The Bertz CT molecular complexity index is 1050. The third kappa shape index (κ3) is 3.62. The lowest BCUT2D eigenvalue weighted by molar-refractivity contribution is 0.102. The third-order valence-electron chi connectivity index (χ3n) is 4.81. The number of aryl methyl sites for hydroxylation is 1. The van der Waals surface area contributed by atoms with Crippen molar-refractivity contribution in [3.05, 3.63) is 35.9 Å². The summed E-state index contributed by atoms with van der Waals surface area (Å²) in [5, 5.41) is 10.2. The molecule has 1 aliphatic rings. The number of rotatable bonds is 4. The molecule has 0 aliphatic carbocycles. The van der Waals surface area contributed by atoms with Crippen LogP contribution in [0, 0.1) is 0 Å². The molecule has 0 spiro atoms. The second kappa shape index (κ2) is 7.35. The summed E-state index contributed by atoms with van der Waals surface area (Å²) < 4.78 is 42.4. The summed E-state index contributed by atoms with van der Waals surface area (Å²) in [5.41, 5.74) is 5.56. The molecule has 0 bridgehead atoms. The Hall–Kier alpha value is -3.15. The van der Waals surface area contributed by atoms with E-state index >= 15 is 0 Å². The Balaban J connectivity index is 1.62. The van der Waals surface area contributed by atoms with Gasteiger partial charge in [0.2, 0.25) is 0 Å². The molecule has 12 heteroatoms. The molecule has 29 heavy (non-hydrogen) atoms. The standard InChI is InChI=1S/C17H19F3N8O/c1-26-8-12(14(25-26)15(19)20)23-17(29)9-6-22-28-5-3-13(24-16(9)28)27-4-2-10(18)11(21)7-27/h3,5-6,8,10-11,15H,2,4,7,21H2,1H3,(H,23,29). The van der Waals surface area contributed by atoms with Crippen LogP contribution in [0.25, 0.3) is 5.65 Å². The fourth-order valence-corrected chi connectivity index (χ4v) is 3.31. The first-order chi connectivity index (χ1) is 13.8. The number of carbonyl (C=O) groups is 1. The van der Waals surface area contributed by atoms with E-state index in [-0.39, 0.29) is 23.3 Å². The zero-order valence-electron chi connectivity index (χ0n) is 15.5. The number of amides is 1. The number of nitrogens with zero attached hydrogens (tertiary/aromatic N) is 6. The molecule has 2 unspecified atom stereocenters. The first-order valence-corrected chi connectivity index (χ1v) is 8.95. The van der Waals surface area contributed by atoms with Crippen LogP contribution in [0.5, 0.6) is 0 Å². The predicted molar refractivity (Wildman–Crippen MR) is 98.8 cm³/mol. The maximum Gasteiger partial charge on any atom is 0.284 e. The number of halogens is 3. The van der Waals surface area contributed by atoms with Gasteiger partial charge in [0, 0.05) is 32.5 Å². The monoisotopic (exact) mass is 408 g/mol. The number of alkyl halides is 3. The number of hydrogen-bond acceptors (Lipinski definition) is 6. The van der Waals surface area contributed by atoms with Crippen molar-refractivity contribution >= 4 is 23.1 Å². The highest BCUT2D eigenvalue weighted by atomic mass is 19.3. The van der Waals surface area contributed by atoms with Crippen molar-refractivity contribution in [1.29, 1.82) is 0 Å². The van der Waals surface area contributed by atoms with E-state index in [1.54, 1.807) is 12.3 Å². The molecule has 4 rings (SSSR count). The van der Waals surface area contributed by atoms with Crippen molar-refractivity contribution in [1.82, 2.24) is 24.4 Å². The Morgan fingerprint density at radius 1 is 1.41 bits per heavy atom. The molecule has 1 saturated heterocycles. The second-order valence-electron chi connectivity index (χ2n) is 6.88. The van der Waals surface area contributed by atoms with Crippen molar-refractivity contribution in [3.63, 3.8) is 0 Å². The lowest BCUT2D eigenvalue weighted by Crippen LogP contribution is -2.50. The van der Waals surface area contributed by atoms with Crippen LogP contribution in [-0.4, -0.2) is 55.6 Å². The van der Waals surface area contributed by atoms with Crippen molar-refractivity contribution in [3.8, 4) is 0 Å². The van der Waals surface area contributed by atoms with E-state index in [2.05, 4.69) is 20.5 Å². The molecule has 1 aliphatic heterocycles. The molecule has 154 valence electrons. The van der Waals surface area contributed by atoms with Crippen LogP contribution in [0.15, 0.2) is 24.7 Å². The fraction of sp³-hybridized carbons (Fsp3) is 0.412. The van der Waals surface area contributed by atoms with Gasteiger partial charge >= 0.3 is 0 Å². The summed E-state index contributed by atoms with van der Waals surface area (Å²) in [6, 6.07) is 1.08. The van der Waals surface area contributed by atoms with Gasteiger partial charge in [-0.15, -0.1) is 0 Å². The number of carbonyl (C=O) groups excluding carboxylic acids is 1. The van der Waals surface area contributed by atoms with Crippen molar-refractivity contribution in [2.75, 3.05) is 23.3 Å². The minimum absolute atomic E-state index is 0.0843. The van der Waals surface area contributed by atoms with E-state index in [0.717, 1.165) is 0 Å². The summed E-state index contributed by atoms with van der Waals surface area (Å²) in [4.78, 5) is 19.0. The molecule has 2 atom stereocenters. The molecular weight excluding hydrogens is 389 g/mol. The number of fused-ring (bicyclic) bond motifs is 1. The lowest BCUT2D eigenvalue weighted by atomic mass is 10.0. The zero-order chi connectivity index (χ0) is 20.7. The van der Waals surface area contributed by atoms with Gasteiger partial charge in [-0.05, 0) is 12.5 Å². The predicted octanol–water partition coefficient (Wildman–Crippen LogP) is 1.53. The molecule has 9 nitrogen and oxygen atoms in total. The largest absolute Gasteiger partial charge is 0.355 e. The summed E-state index contributed by atoms with van der Waals surface area (Å²) in [5.74, 6) is -0.109. The number of aromatic nitrogens is 5. The second-order valence-corrected chi connectivity index (χ2v) is 6.88. The van der Waals surface area contributed by atoms with Gasteiger partial charge in [-0.1, -0.05) is 0 Å². The average Bonchev–Trinajstić information content (AvgIpc) is 3.26. The van der Waals surface area contributed by atoms with Crippen LogP contribution in [0.4, 0.5) is 24.7 Å². The normalized spacial score (nSPS) is 19.9. The topological polar surface area (TPSA) is 106 Å². The molecule has 3 aromatic heterocycles. The van der Waals surface area contributed by atoms with E-state index in [9.17, 15) is 18.0 Å². The van der Waals surface area contributed by atoms with Crippen LogP contribution in [0.2, 0.25) is 0 Å². The Kier molecular flexibility index (Phi) is 4.86. The van der Waals surface area contributed by atoms with E-state index in [1.807, 2.05) is 4.90 Å². The summed E-state index contributed by atoms with van der Waals surface area (Å²) in [7, 11) is 1.48. The van der Waals surface area contributed by atoms with Gasteiger partial charge in [0.25, 0.3) is 12.3 Å². The summed E-state index contributed by atoms with van der Waals surface area (Å²) >= 11 is 0. The molecule has 0 radical (unpaired) electrons. The zero-order valence-corrected chi connectivity index (χ0v) is 15.5. The van der Waals surface area contributed by atoms with Crippen LogP contribution >= 0.6 is 0 Å². The van der Waals surface area contributed by atoms with Gasteiger partial charge in [0.05, 0.1) is 17.9 Å². The van der Waals surface area contributed by atoms with Gasteiger partial charge in [-0.2, -0.15) is 10.2 Å². The number of nitrogens with two attached hydrogens (primary N) is 1. The van der Waals surface area contributed by atoms with Crippen molar-refractivity contribution < 1.29 is 18.0 Å². The molecular formula is C17H19F3N8O. The number of anilines is 2. The van der Waals surface area contributed by atoms with Crippen LogP contribution in [0.3, 0.4) is 0 Å². The highest BCUT2D eigenvalue weighted by Gasteiger charge is 2.27. The molecule has 1 fully saturated rings. The first-order valence-electron chi connectivity index (χ1n) is 8.95. The van der Waals surface area contributed by atoms with Crippen molar-refractivity contribution in [2.24, 2.45) is 12.8 Å². The number of nitrogens with one attached hydrogen (secondary N) is 1. The molecule has 0 aromatic carbocycles. The lowest BCUT2D eigenvalue weighted by Gasteiger charge is -2.33. The number of piperidine rings is 1. The fourth-order valence-electron chi connectivity index (χ4n) is 3.31. The molecule has 4 heterocycles. The SMILES string of the molecule is Cn1cc(NC(=O)c2cnn3ccc(N4CCC(F)C(N)C4)nc23)c(C(F)F)n1. The van der Waals surface area contributed by atoms with Gasteiger partial charge < -0.3 is 16.0 Å². The maximum atomic E-state index is 13.6. The van der Waals surface area contributed by atoms with Gasteiger partial charge in [0.15, 0.2) is 11.3 Å². The van der Waals surface area contributed by atoms with E-state index < -0.39 is 30.2 Å². The van der Waals surface area contributed by atoms with Gasteiger partial charge in [0.1, 0.15) is 17.6 Å². The first kappa shape index (κ1) is 19.2. The summed E-state index contributed by atoms with van der Waals surface area (Å²) in [6.45, 7) is 0.745. The third-order valence-corrected chi connectivity index (χ3v) is 4.81. The van der Waals surface area contributed by atoms with Gasteiger partial charge in [-0.25, -0.2) is 22.7 Å². The van der Waals surface area contributed by atoms with Crippen LogP contribution in [0.1, 0.15) is 28.9 Å². The van der Waals surface area contributed by atoms with E-state index in [0.29, 0.717) is 18.9 Å². The molecule has 0 saturated carbocycles. The smallest absolute Gasteiger partial charge is 0.284 e. The highest BCUT2D eigenvalue weighted by molar-refractivity contribution is 6.08. The quantitative estimate of drug-likeness (QED) is 0.678. The van der Waals surface area contributed by atoms with Crippen LogP contribution in [-0.2, 0) is 7.05 Å². The summed E-state index contributed by atoms with van der Waals surface area (Å²) in [6.07, 6.45) is 0.623. The Morgan fingerprint density at radius 2 is 2.21 bits per heavy atom.